The van der Waals surface area contributed by atoms with Crippen LogP contribution in [0, 0.1) is 18.6 Å². The van der Waals surface area contributed by atoms with E-state index in [2.05, 4.69) is 15.5 Å². The number of amides is 1. The third-order valence-corrected chi connectivity index (χ3v) is 2.41. The lowest BCUT2D eigenvalue weighted by Gasteiger charge is -2.05. The van der Waals surface area contributed by atoms with Crippen LogP contribution in [0.15, 0.2) is 18.2 Å². The molecule has 0 aliphatic rings. The highest BCUT2D eigenvalue weighted by atomic mass is 19.2. The molecule has 1 aromatic heterocycles. The van der Waals surface area contributed by atoms with Crippen molar-refractivity contribution in [1.82, 2.24) is 10.2 Å². The molecule has 0 saturated carbocycles. The predicted octanol–water partition coefficient (Wildman–Crippen LogP) is 1.83. The highest BCUT2D eigenvalue weighted by Gasteiger charge is 2.17. The number of hydrogen-bond donors (Lipinski definition) is 3. The number of carbonyl (C=O) groups excluding carboxylic acids is 1. The smallest absolute Gasteiger partial charge is 0.278 e. The molecule has 4 N–H and O–H groups in total. The van der Waals surface area contributed by atoms with E-state index in [0.717, 1.165) is 6.07 Å². The Morgan fingerprint density at radius 1 is 1.44 bits per heavy atom. The number of nitrogen functional groups attached to an aromatic ring is 1. The van der Waals surface area contributed by atoms with Crippen molar-refractivity contribution >= 4 is 17.3 Å². The first kappa shape index (κ1) is 12.0. The number of nitrogens with zero attached hydrogens (tertiary/aromatic N) is 1. The van der Waals surface area contributed by atoms with E-state index >= 15 is 0 Å². The number of nitrogens with one attached hydrogen (secondary N) is 2. The maximum Gasteiger partial charge on any atom is 0.278 e. The van der Waals surface area contributed by atoms with Crippen LogP contribution >= 0.6 is 0 Å². The molecule has 0 unspecified atom stereocenters. The average molecular weight is 252 g/mol. The van der Waals surface area contributed by atoms with Crippen LogP contribution < -0.4 is 11.1 Å². The fourth-order valence-corrected chi connectivity index (χ4v) is 1.39. The number of aromatic nitrogens is 2. The first-order valence-electron chi connectivity index (χ1n) is 5.06. The number of halogens is 2. The van der Waals surface area contributed by atoms with Gasteiger partial charge in [0.1, 0.15) is 0 Å². The van der Waals surface area contributed by atoms with Gasteiger partial charge in [-0.15, -0.1) is 0 Å². The van der Waals surface area contributed by atoms with Gasteiger partial charge in [0.2, 0.25) is 0 Å². The van der Waals surface area contributed by atoms with Gasteiger partial charge in [-0.2, -0.15) is 5.10 Å². The number of aromatic amines is 1. The van der Waals surface area contributed by atoms with E-state index in [9.17, 15) is 13.6 Å². The van der Waals surface area contributed by atoms with E-state index in [1.807, 2.05) is 0 Å². The largest absolute Gasteiger partial charge is 0.395 e. The number of hydrogen-bond acceptors (Lipinski definition) is 3. The molecule has 1 amide bonds. The van der Waals surface area contributed by atoms with Gasteiger partial charge in [0.05, 0.1) is 17.1 Å². The molecular formula is C11H10F2N4O. The van der Waals surface area contributed by atoms with Crippen LogP contribution in [0.5, 0.6) is 0 Å². The number of H-pyrrole nitrogens is 1. The van der Waals surface area contributed by atoms with Gasteiger partial charge in [0.25, 0.3) is 5.91 Å². The summed E-state index contributed by atoms with van der Waals surface area (Å²) >= 11 is 0. The molecule has 5 nitrogen and oxygen atoms in total. The summed E-state index contributed by atoms with van der Waals surface area (Å²) in [7, 11) is 0. The van der Waals surface area contributed by atoms with Crippen molar-refractivity contribution < 1.29 is 13.6 Å². The first-order valence-corrected chi connectivity index (χ1v) is 5.06. The standard InChI is InChI=1S/C11H10F2N4O/c1-5-9(14)10(17-16-5)11(18)15-7-4-2-3-6(12)8(7)13/h2-4H,14H2,1H3,(H,15,18)(H,16,17). The molecule has 2 rings (SSSR count). The van der Waals surface area contributed by atoms with E-state index in [1.54, 1.807) is 6.92 Å². The third-order valence-electron chi connectivity index (χ3n) is 2.41. The van der Waals surface area contributed by atoms with Crippen molar-refractivity contribution in [2.75, 3.05) is 11.1 Å². The van der Waals surface area contributed by atoms with Crippen molar-refractivity contribution in [1.29, 1.82) is 0 Å². The normalized spacial score (nSPS) is 10.4. The molecule has 1 heterocycles. The third kappa shape index (κ3) is 2.02. The Balaban J connectivity index is 2.27. The van der Waals surface area contributed by atoms with Gasteiger partial charge in [-0.05, 0) is 19.1 Å². The lowest BCUT2D eigenvalue weighted by atomic mass is 10.2. The Hall–Kier alpha value is -2.44. The van der Waals surface area contributed by atoms with Crippen molar-refractivity contribution in [3.8, 4) is 0 Å². The zero-order valence-electron chi connectivity index (χ0n) is 9.42. The van der Waals surface area contributed by atoms with Gasteiger partial charge in [-0.25, -0.2) is 8.78 Å². The number of carbonyl (C=O) groups is 1. The van der Waals surface area contributed by atoms with Crippen LogP contribution in [-0.4, -0.2) is 16.1 Å². The Morgan fingerprint density at radius 2 is 2.17 bits per heavy atom. The van der Waals surface area contributed by atoms with Crippen molar-refractivity contribution in [3.63, 3.8) is 0 Å². The van der Waals surface area contributed by atoms with Gasteiger partial charge in [0.15, 0.2) is 17.3 Å². The van der Waals surface area contributed by atoms with Gasteiger partial charge in [-0.3, -0.25) is 9.89 Å². The molecule has 0 bridgehead atoms. The lowest BCUT2D eigenvalue weighted by molar-refractivity contribution is 0.102. The quantitative estimate of drug-likeness (QED) is 0.762. The summed E-state index contributed by atoms with van der Waals surface area (Å²) in [6.07, 6.45) is 0. The minimum Gasteiger partial charge on any atom is -0.395 e. The zero-order chi connectivity index (χ0) is 13.3. The molecule has 1 aromatic carbocycles. The molecule has 2 aromatic rings. The highest BCUT2D eigenvalue weighted by Crippen LogP contribution is 2.19. The summed E-state index contributed by atoms with van der Waals surface area (Å²) in [5, 5.41) is 8.42. The SMILES string of the molecule is Cc1[nH]nc(C(=O)Nc2cccc(F)c2F)c1N. The molecule has 0 fully saturated rings. The van der Waals surface area contributed by atoms with Gasteiger partial charge in [0, 0.05) is 0 Å². The number of anilines is 2. The molecule has 0 radical (unpaired) electrons. The number of aryl methyl sites for hydroxylation is 1. The summed E-state index contributed by atoms with van der Waals surface area (Å²) < 4.78 is 26.3. The van der Waals surface area contributed by atoms with Crippen LogP contribution in [0.25, 0.3) is 0 Å². The fourth-order valence-electron chi connectivity index (χ4n) is 1.39. The van der Waals surface area contributed by atoms with E-state index in [-0.39, 0.29) is 17.1 Å². The summed E-state index contributed by atoms with van der Waals surface area (Å²) in [5.74, 6) is -2.88. The van der Waals surface area contributed by atoms with Crippen molar-refractivity contribution in [2.45, 2.75) is 6.92 Å². The Bertz CT molecular complexity index is 609. The van der Waals surface area contributed by atoms with Gasteiger partial charge < -0.3 is 11.1 Å². The number of rotatable bonds is 2. The van der Waals surface area contributed by atoms with Crippen LogP contribution in [-0.2, 0) is 0 Å². The number of nitrogens with two attached hydrogens (primary N) is 1. The number of benzene rings is 1. The van der Waals surface area contributed by atoms with Crippen LogP contribution in [0.1, 0.15) is 16.2 Å². The van der Waals surface area contributed by atoms with E-state index < -0.39 is 17.5 Å². The second kappa shape index (κ2) is 4.44. The topological polar surface area (TPSA) is 83.8 Å². The average Bonchev–Trinajstić information content (AvgIpc) is 2.66. The zero-order valence-corrected chi connectivity index (χ0v) is 9.42. The van der Waals surface area contributed by atoms with Gasteiger partial charge in [-0.1, -0.05) is 6.07 Å². The molecule has 0 saturated heterocycles. The minimum atomic E-state index is -1.13. The van der Waals surface area contributed by atoms with Crippen LogP contribution in [0.2, 0.25) is 0 Å². The summed E-state index contributed by atoms with van der Waals surface area (Å²) in [5.41, 5.74) is 5.98. The lowest BCUT2D eigenvalue weighted by Crippen LogP contribution is -2.15. The van der Waals surface area contributed by atoms with Crippen molar-refractivity contribution in [3.05, 3.63) is 41.2 Å². The van der Waals surface area contributed by atoms with Crippen LogP contribution in [0.3, 0.4) is 0 Å². The maximum absolute atomic E-state index is 13.3. The molecule has 0 aliphatic heterocycles. The molecule has 0 spiro atoms. The Kier molecular flexibility index (Phi) is 2.97. The first-order chi connectivity index (χ1) is 8.50. The Morgan fingerprint density at radius 3 is 2.78 bits per heavy atom. The highest BCUT2D eigenvalue weighted by molar-refractivity contribution is 6.06. The predicted molar refractivity (Wildman–Crippen MR) is 62.0 cm³/mol. The summed E-state index contributed by atoms with van der Waals surface area (Å²) in [4.78, 5) is 11.7. The molecule has 7 heteroatoms. The van der Waals surface area contributed by atoms with E-state index in [4.69, 9.17) is 5.73 Å². The molecule has 18 heavy (non-hydrogen) atoms. The summed E-state index contributed by atoms with van der Waals surface area (Å²) in [6, 6.07) is 3.48. The maximum atomic E-state index is 13.3. The second-order valence-corrected chi connectivity index (χ2v) is 3.67. The Labute approximate surface area is 101 Å². The summed E-state index contributed by atoms with van der Waals surface area (Å²) in [6.45, 7) is 1.64. The van der Waals surface area contributed by atoms with E-state index in [1.165, 1.54) is 12.1 Å². The molecule has 0 aliphatic carbocycles. The monoisotopic (exact) mass is 252 g/mol. The second-order valence-electron chi connectivity index (χ2n) is 3.67. The fraction of sp³-hybridized carbons (Fsp3) is 0.0909. The van der Waals surface area contributed by atoms with Crippen molar-refractivity contribution in [2.24, 2.45) is 0 Å². The molecular weight excluding hydrogens is 242 g/mol. The van der Waals surface area contributed by atoms with Gasteiger partial charge >= 0.3 is 0 Å². The minimum absolute atomic E-state index is 0.0591. The van der Waals surface area contributed by atoms with Crippen LogP contribution in [0.4, 0.5) is 20.2 Å². The molecule has 94 valence electrons. The molecule has 0 atom stereocenters. The van der Waals surface area contributed by atoms with E-state index in [0.29, 0.717) is 5.69 Å².